The van der Waals surface area contributed by atoms with Gasteiger partial charge in [-0.3, -0.25) is 9.36 Å². The molecule has 3 rings (SSSR count). The van der Waals surface area contributed by atoms with Crippen molar-refractivity contribution < 1.29 is 14.6 Å². The van der Waals surface area contributed by atoms with Gasteiger partial charge in [-0.1, -0.05) is 67.1 Å². The third-order valence-electron chi connectivity index (χ3n) is 5.00. The molecular weight excluding hydrogens is 392 g/mol. The number of carbonyl (C=O) groups is 1. The van der Waals surface area contributed by atoms with Crippen LogP contribution in [0.3, 0.4) is 0 Å². The van der Waals surface area contributed by atoms with E-state index in [0.717, 1.165) is 11.1 Å². The zero-order valence-electron chi connectivity index (χ0n) is 16.3. The molecule has 1 heterocycles. The Morgan fingerprint density at radius 3 is 2.34 bits per heavy atom. The van der Waals surface area contributed by atoms with Crippen LogP contribution in [-0.4, -0.2) is 27.7 Å². The van der Waals surface area contributed by atoms with Gasteiger partial charge in [0.05, 0.1) is 7.11 Å². The number of rotatable bonds is 6. The number of carboxylic acids is 1. The van der Waals surface area contributed by atoms with E-state index in [1.807, 2.05) is 61.5 Å². The van der Waals surface area contributed by atoms with E-state index in [9.17, 15) is 14.7 Å². The molecule has 0 bridgehead atoms. The van der Waals surface area contributed by atoms with Crippen LogP contribution in [0.2, 0.25) is 5.02 Å². The second-order valence-electron chi connectivity index (χ2n) is 6.72. The Hall–Kier alpha value is -3.12. The van der Waals surface area contributed by atoms with Crippen molar-refractivity contribution in [2.24, 2.45) is 7.05 Å². The predicted octanol–water partition coefficient (Wildman–Crippen LogP) is 4.08. The SMILES string of the molecule is COc1c(C(=O)O)nc(C(C)C(c2ccccc2)c2ccccc2Cl)n(C)c1=O. The summed E-state index contributed by atoms with van der Waals surface area (Å²) in [4.78, 5) is 28.7. The van der Waals surface area contributed by atoms with Crippen LogP contribution in [0.4, 0.5) is 0 Å². The summed E-state index contributed by atoms with van der Waals surface area (Å²) in [6.45, 7) is 1.90. The summed E-state index contributed by atoms with van der Waals surface area (Å²) >= 11 is 6.50. The van der Waals surface area contributed by atoms with Gasteiger partial charge in [-0.25, -0.2) is 9.78 Å². The number of hydrogen-bond acceptors (Lipinski definition) is 4. The summed E-state index contributed by atoms with van der Waals surface area (Å²) in [5.41, 5.74) is 0.904. The third-order valence-corrected chi connectivity index (χ3v) is 5.34. The smallest absolute Gasteiger partial charge is 0.358 e. The van der Waals surface area contributed by atoms with Crippen LogP contribution in [0.15, 0.2) is 59.4 Å². The Labute approximate surface area is 173 Å². The summed E-state index contributed by atoms with van der Waals surface area (Å²) < 4.78 is 6.34. The van der Waals surface area contributed by atoms with Crippen molar-refractivity contribution in [1.29, 1.82) is 0 Å². The van der Waals surface area contributed by atoms with Gasteiger partial charge >= 0.3 is 5.97 Å². The molecule has 150 valence electrons. The summed E-state index contributed by atoms with van der Waals surface area (Å²) in [6.07, 6.45) is 0. The highest BCUT2D eigenvalue weighted by Gasteiger charge is 2.30. The maximum absolute atomic E-state index is 12.7. The number of aromatic nitrogens is 2. The van der Waals surface area contributed by atoms with Gasteiger partial charge in [-0.15, -0.1) is 0 Å². The van der Waals surface area contributed by atoms with Gasteiger partial charge in [0, 0.05) is 23.9 Å². The molecule has 0 fully saturated rings. The molecule has 2 unspecified atom stereocenters. The van der Waals surface area contributed by atoms with Crippen LogP contribution < -0.4 is 10.3 Å². The summed E-state index contributed by atoms with van der Waals surface area (Å²) in [5.74, 6) is -1.86. The van der Waals surface area contributed by atoms with E-state index >= 15 is 0 Å². The quantitative estimate of drug-likeness (QED) is 0.659. The average molecular weight is 413 g/mol. The number of benzene rings is 2. The zero-order valence-corrected chi connectivity index (χ0v) is 17.1. The van der Waals surface area contributed by atoms with Gasteiger partial charge in [-0.05, 0) is 17.2 Å². The minimum atomic E-state index is -1.32. The lowest BCUT2D eigenvalue weighted by Gasteiger charge is -2.27. The van der Waals surface area contributed by atoms with Crippen molar-refractivity contribution >= 4 is 17.6 Å². The van der Waals surface area contributed by atoms with Crippen molar-refractivity contribution in [2.45, 2.75) is 18.8 Å². The second-order valence-corrected chi connectivity index (χ2v) is 7.13. The Kier molecular flexibility index (Phi) is 6.03. The van der Waals surface area contributed by atoms with Gasteiger partial charge in [0.2, 0.25) is 5.75 Å². The van der Waals surface area contributed by atoms with Crippen LogP contribution in [0, 0.1) is 0 Å². The maximum atomic E-state index is 12.7. The third kappa shape index (κ3) is 3.89. The highest BCUT2D eigenvalue weighted by molar-refractivity contribution is 6.31. The van der Waals surface area contributed by atoms with E-state index in [4.69, 9.17) is 16.3 Å². The number of halogens is 1. The first-order chi connectivity index (χ1) is 13.9. The number of ether oxygens (including phenoxy) is 1. The second kappa shape index (κ2) is 8.49. The molecule has 0 aliphatic rings. The van der Waals surface area contributed by atoms with Gasteiger partial charge in [0.1, 0.15) is 5.82 Å². The highest BCUT2D eigenvalue weighted by Crippen LogP contribution is 2.40. The Morgan fingerprint density at radius 2 is 1.76 bits per heavy atom. The molecule has 0 spiro atoms. The topological polar surface area (TPSA) is 81.4 Å². The van der Waals surface area contributed by atoms with Gasteiger partial charge in [0.25, 0.3) is 5.56 Å². The molecule has 2 atom stereocenters. The molecule has 2 aromatic carbocycles. The Balaban J connectivity index is 2.25. The van der Waals surface area contributed by atoms with Gasteiger partial charge in [0.15, 0.2) is 5.69 Å². The Morgan fingerprint density at radius 1 is 1.14 bits per heavy atom. The van der Waals surface area contributed by atoms with Crippen LogP contribution in [-0.2, 0) is 7.05 Å². The largest absolute Gasteiger partial charge is 0.489 e. The van der Waals surface area contributed by atoms with Crippen LogP contribution >= 0.6 is 11.6 Å². The van der Waals surface area contributed by atoms with E-state index < -0.39 is 17.2 Å². The molecule has 0 saturated carbocycles. The van der Waals surface area contributed by atoms with E-state index in [-0.39, 0.29) is 17.6 Å². The minimum Gasteiger partial charge on any atom is -0.489 e. The van der Waals surface area contributed by atoms with Gasteiger partial charge < -0.3 is 9.84 Å². The lowest BCUT2D eigenvalue weighted by atomic mass is 9.81. The minimum absolute atomic E-state index is 0.238. The molecular formula is C22H21ClN2O4. The molecule has 0 saturated heterocycles. The van der Waals surface area contributed by atoms with Crippen molar-refractivity contribution in [2.75, 3.05) is 7.11 Å². The molecule has 3 aromatic rings. The standard InChI is InChI=1S/C22H21ClN2O4/c1-13(20-24-18(22(27)28)19(29-3)21(26)25(20)2)17(14-9-5-4-6-10-14)15-11-7-8-12-16(15)23/h4-13,17H,1-3H3,(H,27,28). The van der Waals surface area contributed by atoms with Crippen molar-refractivity contribution in [3.8, 4) is 5.75 Å². The molecule has 1 N–H and O–H groups in total. The lowest BCUT2D eigenvalue weighted by molar-refractivity contribution is 0.0685. The van der Waals surface area contributed by atoms with E-state index in [1.165, 1.54) is 11.7 Å². The van der Waals surface area contributed by atoms with Crippen LogP contribution in [0.1, 0.15) is 46.2 Å². The molecule has 6 nitrogen and oxygen atoms in total. The van der Waals surface area contributed by atoms with Crippen molar-refractivity contribution in [3.05, 3.63) is 92.6 Å². The van der Waals surface area contributed by atoms with E-state index in [1.54, 1.807) is 7.05 Å². The number of aromatic carboxylic acids is 1. The summed E-state index contributed by atoms with van der Waals surface area (Å²) in [6, 6.07) is 17.2. The summed E-state index contributed by atoms with van der Waals surface area (Å²) in [5, 5.41) is 10.1. The zero-order chi connectivity index (χ0) is 21.1. The fraction of sp³-hybridized carbons (Fsp3) is 0.227. The molecule has 1 aromatic heterocycles. The summed E-state index contributed by atoms with van der Waals surface area (Å²) in [7, 11) is 2.81. The van der Waals surface area contributed by atoms with Gasteiger partial charge in [-0.2, -0.15) is 0 Å². The number of hydrogen-bond donors (Lipinski definition) is 1. The maximum Gasteiger partial charge on any atom is 0.358 e. The normalized spacial score (nSPS) is 13.0. The average Bonchev–Trinajstić information content (AvgIpc) is 2.72. The first-order valence-corrected chi connectivity index (χ1v) is 9.42. The Bertz CT molecular complexity index is 1100. The monoisotopic (exact) mass is 412 g/mol. The fourth-order valence-electron chi connectivity index (χ4n) is 3.61. The van der Waals surface area contributed by atoms with Crippen LogP contribution in [0.5, 0.6) is 5.75 Å². The van der Waals surface area contributed by atoms with Crippen molar-refractivity contribution in [1.82, 2.24) is 9.55 Å². The predicted molar refractivity (Wildman–Crippen MR) is 111 cm³/mol. The first kappa shape index (κ1) is 20.6. The van der Waals surface area contributed by atoms with Crippen LogP contribution in [0.25, 0.3) is 0 Å². The van der Waals surface area contributed by atoms with Crippen molar-refractivity contribution in [3.63, 3.8) is 0 Å². The highest BCUT2D eigenvalue weighted by atomic mass is 35.5. The molecule has 29 heavy (non-hydrogen) atoms. The molecule has 7 heteroatoms. The molecule has 0 amide bonds. The fourth-order valence-corrected chi connectivity index (χ4v) is 3.86. The number of methoxy groups -OCH3 is 1. The number of nitrogens with zero attached hydrogens (tertiary/aromatic N) is 2. The molecule has 0 aliphatic heterocycles. The molecule has 0 aliphatic carbocycles. The number of carboxylic acid groups (broad SMARTS) is 1. The lowest BCUT2D eigenvalue weighted by Crippen LogP contribution is -2.29. The first-order valence-electron chi connectivity index (χ1n) is 9.04. The van der Waals surface area contributed by atoms with E-state index in [0.29, 0.717) is 10.8 Å². The van der Waals surface area contributed by atoms with E-state index in [2.05, 4.69) is 4.98 Å². The molecule has 0 radical (unpaired) electrons.